The van der Waals surface area contributed by atoms with Crippen LogP contribution in [0.1, 0.15) is 21.7 Å². The number of furan rings is 1. The van der Waals surface area contributed by atoms with Gasteiger partial charge in [-0.05, 0) is 61.1 Å². The van der Waals surface area contributed by atoms with Crippen LogP contribution in [0.5, 0.6) is 0 Å². The summed E-state index contributed by atoms with van der Waals surface area (Å²) in [6.07, 6.45) is 0. The molecule has 28 heavy (non-hydrogen) atoms. The molecule has 0 fully saturated rings. The number of benzene rings is 2. The molecular formula is C20H16Cl2N2O3S. The van der Waals surface area contributed by atoms with E-state index in [9.17, 15) is 4.79 Å². The monoisotopic (exact) mass is 434 g/mol. The number of nitrogens with one attached hydrogen (secondary N) is 2. The first-order chi connectivity index (χ1) is 13.4. The highest BCUT2D eigenvalue weighted by molar-refractivity contribution is 7.80. The molecule has 0 spiro atoms. The molecule has 0 aliphatic rings. The van der Waals surface area contributed by atoms with E-state index < -0.39 is 5.91 Å². The summed E-state index contributed by atoms with van der Waals surface area (Å²) in [5.74, 6) is 0.704. The number of aryl methyl sites for hydroxylation is 1. The zero-order valence-electron chi connectivity index (χ0n) is 14.8. The van der Waals surface area contributed by atoms with Crippen molar-refractivity contribution in [2.24, 2.45) is 0 Å². The van der Waals surface area contributed by atoms with Gasteiger partial charge in [0.05, 0.1) is 10.0 Å². The molecule has 144 valence electrons. The molecule has 8 heteroatoms. The van der Waals surface area contributed by atoms with Crippen LogP contribution in [0.4, 0.5) is 5.69 Å². The first-order valence-corrected chi connectivity index (χ1v) is 9.42. The average Bonchev–Trinajstić information content (AvgIpc) is 3.15. The molecule has 0 radical (unpaired) electrons. The van der Waals surface area contributed by atoms with Crippen LogP contribution in [0.15, 0.2) is 52.9 Å². The highest BCUT2D eigenvalue weighted by atomic mass is 35.5. The van der Waals surface area contributed by atoms with Crippen LogP contribution in [0.3, 0.4) is 0 Å². The van der Waals surface area contributed by atoms with Gasteiger partial charge in [-0.25, -0.2) is 0 Å². The SMILES string of the molecule is Cc1ccc(-c2ccc(CO)o2)cc1NC(=S)NC(=O)c1ccc(Cl)c(Cl)c1. The Labute approximate surface area is 177 Å². The van der Waals surface area contributed by atoms with Gasteiger partial charge in [-0.1, -0.05) is 35.3 Å². The average molecular weight is 435 g/mol. The van der Waals surface area contributed by atoms with Crippen LogP contribution < -0.4 is 10.6 Å². The number of thiocarbonyl (C=S) groups is 1. The number of hydrogen-bond donors (Lipinski definition) is 3. The third kappa shape index (κ3) is 4.72. The Morgan fingerprint density at radius 2 is 1.89 bits per heavy atom. The van der Waals surface area contributed by atoms with Crippen molar-refractivity contribution in [1.82, 2.24) is 5.32 Å². The molecule has 2 aromatic carbocycles. The Hall–Kier alpha value is -2.38. The maximum atomic E-state index is 12.3. The molecule has 0 atom stereocenters. The molecule has 1 aromatic heterocycles. The molecule has 0 bridgehead atoms. The van der Waals surface area contributed by atoms with Crippen LogP contribution in [0.2, 0.25) is 10.0 Å². The number of carbonyl (C=O) groups excluding carboxylic acids is 1. The lowest BCUT2D eigenvalue weighted by molar-refractivity contribution is 0.0977. The van der Waals surface area contributed by atoms with Gasteiger partial charge in [0.1, 0.15) is 18.1 Å². The molecule has 0 unspecified atom stereocenters. The maximum Gasteiger partial charge on any atom is 0.257 e. The van der Waals surface area contributed by atoms with Crippen molar-refractivity contribution in [1.29, 1.82) is 0 Å². The number of halogens is 2. The Kier molecular flexibility index (Phi) is 6.36. The first-order valence-electron chi connectivity index (χ1n) is 8.25. The van der Waals surface area contributed by atoms with Crippen molar-refractivity contribution < 1.29 is 14.3 Å². The Morgan fingerprint density at radius 1 is 1.11 bits per heavy atom. The highest BCUT2D eigenvalue weighted by Gasteiger charge is 2.12. The standard InChI is InChI=1S/C20H16Cl2N2O3S/c1-11-2-3-12(18-7-5-14(10-25)27-18)9-17(11)23-20(28)24-19(26)13-4-6-15(21)16(22)8-13/h2-9,25H,10H2,1H3,(H2,23,24,26,28). The van der Waals surface area contributed by atoms with Crippen molar-refractivity contribution in [3.63, 3.8) is 0 Å². The number of amides is 1. The van der Waals surface area contributed by atoms with Crippen molar-refractivity contribution in [2.75, 3.05) is 5.32 Å². The largest absolute Gasteiger partial charge is 0.459 e. The van der Waals surface area contributed by atoms with E-state index in [2.05, 4.69) is 10.6 Å². The van der Waals surface area contributed by atoms with Gasteiger partial charge in [-0.3, -0.25) is 10.1 Å². The molecule has 0 aliphatic heterocycles. The summed E-state index contributed by atoms with van der Waals surface area (Å²) >= 11 is 17.1. The third-order valence-corrected chi connectivity index (χ3v) is 4.94. The fourth-order valence-corrected chi connectivity index (χ4v) is 2.99. The number of carbonyl (C=O) groups is 1. The molecular weight excluding hydrogens is 419 g/mol. The summed E-state index contributed by atoms with van der Waals surface area (Å²) in [5, 5.41) is 15.6. The topological polar surface area (TPSA) is 74.5 Å². The number of aliphatic hydroxyl groups is 1. The van der Waals surface area contributed by atoms with E-state index in [1.807, 2.05) is 25.1 Å². The lowest BCUT2D eigenvalue weighted by Crippen LogP contribution is -2.34. The molecule has 1 heterocycles. The Bertz CT molecular complexity index is 1050. The second-order valence-electron chi connectivity index (χ2n) is 5.99. The van der Waals surface area contributed by atoms with E-state index in [1.54, 1.807) is 24.3 Å². The minimum atomic E-state index is -0.400. The maximum absolute atomic E-state index is 12.3. The molecule has 3 N–H and O–H groups in total. The van der Waals surface area contributed by atoms with Gasteiger partial charge < -0.3 is 14.8 Å². The molecule has 5 nitrogen and oxygen atoms in total. The summed E-state index contributed by atoms with van der Waals surface area (Å²) in [6, 6.07) is 13.7. The second-order valence-corrected chi connectivity index (χ2v) is 7.21. The number of aliphatic hydroxyl groups excluding tert-OH is 1. The quantitative estimate of drug-likeness (QED) is 0.493. The molecule has 0 saturated carbocycles. The van der Waals surface area contributed by atoms with Gasteiger partial charge >= 0.3 is 0 Å². The van der Waals surface area contributed by atoms with Gasteiger partial charge in [0.15, 0.2) is 5.11 Å². The van der Waals surface area contributed by atoms with Crippen LogP contribution in [-0.2, 0) is 6.61 Å². The minimum absolute atomic E-state index is 0.145. The van der Waals surface area contributed by atoms with E-state index in [1.165, 1.54) is 6.07 Å². The molecule has 3 aromatic rings. The van der Waals surface area contributed by atoms with Gasteiger partial charge in [-0.15, -0.1) is 0 Å². The highest BCUT2D eigenvalue weighted by Crippen LogP contribution is 2.27. The van der Waals surface area contributed by atoms with Crippen molar-refractivity contribution in [3.05, 3.63) is 75.5 Å². The van der Waals surface area contributed by atoms with E-state index in [-0.39, 0.29) is 16.7 Å². The Balaban J connectivity index is 1.73. The molecule has 1 amide bonds. The lowest BCUT2D eigenvalue weighted by Gasteiger charge is -2.13. The Morgan fingerprint density at radius 3 is 2.57 bits per heavy atom. The number of rotatable bonds is 4. The zero-order valence-corrected chi connectivity index (χ0v) is 17.1. The van der Waals surface area contributed by atoms with Crippen molar-refractivity contribution in [2.45, 2.75) is 13.5 Å². The summed E-state index contributed by atoms with van der Waals surface area (Å²) in [5.41, 5.74) is 2.81. The van der Waals surface area contributed by atoms with Gasteiger partial charge in [-0.2, -0.15) is 0 Å². The minimum Gasteiger partial charge on any atom is -0.459 e. The third-order valence-electron chi connectivity index (χ3n) is 4.00. The summed E-state index contributed by atoms with van der Waals surface area (Å²) in [4.78, 5) is 12.3. The summed E-state index contributed by atoms with van der Waals surface area (Å²) in [7, 11) is 0. The van der Waals surface area contributed by atoms with Gasteiger partial charge in [0.2, 0.25) is 0 Å². The number of hydrogen-bond acceptors (Lipinski definition) is 4. The summed E-state index contributed by atoms with van der Waals surface area (Å²) < 4.78 is 5.56. The molecule has 0 saturated heterocycles. The predicted octanol–water partition coefficient (Wildman–Crippen LogP) is 5.18. The van der Waals surface area contributed by atoms with Crippen LogP contribution in [-0.4, -0.2) is 16.1 Å². The van der Waals surface area contributed by atoms with Gasteiger partial charge in [0.25, 0.3) is 5.91 Å². The fourth-order valence-electron chi connectivity index (χ4n) is 2.49. The van der Waals surface area contributed by atoms with E-state index >= 15 is 0 Å². The van der Waals surface area contributed by atoms with E-state index in [4.69, 9.17) is 44.9 Å². The smallest absolute Gasteiger partial charge is 0.257 e. The van der Waals surface area contributed by atoms with Gasteiger partial charge in [0, 0.05) is 16.8 Å². The number of anilines is 1. The first kappa shape index (κ1) is 20.4. The lowest BCUT2D eigenvalue weighted by atomic mass is 10.1. The predicted molar refractivity (Wildman–Crippen MR) is 115 cm³/mol. The van der Waals surface area contributed by atoms with Crippen LogP contribution in [0.25, 0.3) is 11.3 Å². The zero-order chi connectivity index (χ0) is 20.3. The van der Waals surface area contributed by atoms with Crippen LogP contribution in [0, 0.1) is 6.92 Å². The molecule has 0 aliphatic carbocycles. The van der Waals surface area contributed by atoms with E-state index in [0.29, 0.717) is 22.1 Å². The normalized spacial score (nSPS) is 10.6. The molecule has 3 rings (SSSR count). The van der Waals surface area contributed by atoms with Crippen molar-refractivity contribution in [3.8, 4) is 11.3 Å². The van der Waals surface area contributed by atoms with Crippen LogP contribution >= 0.6 is 35.4 Å². The van der Waals surface area contributed by atoms with E-state index in [0.717, 1.165) is 16.8 Å². The van der Waals surface area contributed by atoms with Crippen molar-refractivity contribution >= 4 is 52.1 Å². The summed E-state index contributed by atoms with van der Waals surface area (Å²) in [6.45, 7) is 1.75. The fraction of sp³-hybridized carbons (Fsp3) is 0.100. The second kappa shape index (κ2) is 8.75.